The zero-order valence-corrected chi connectivity index (χ0v) is 12.1. The molecule has 2 rings (SSSR count). The molecule has 0 saturated heterocycles. The molecule has 5 heteroatoms. The van der Waals surface area contributed by atoms with E-state index in [0.29, 0.717) is 16.6 Å². The molecule has 0 heterocycles. The van der Waals surface area contributed by atoms with Gasteiger partial charge in [-0.1, -0.05) is 48.0 Å². The number of rotatable bonds is 4. The van der Waals surface area contributed by atoms with Gasteiger partial charge < -0.3 is 4.74 Å². The summed E-state index contributed by atoms with van der Waals surface area (Å²) < 4.78 is 5.12. The van der Waals surface area contributed by atoms with Crippen molar-refractivity contribution >= 4 is 35.0 Å². The fraction of sp³-hybridized carbons (Fsp3) is 0.133. The van der Waals surface area contributed by atoms with E-state index < -0.39 is 6.09 Å². The van der Waals surface area contributed by atoms with Crippen molar-refractivity contribution < 1.29 is 9.53 Å². The Morgan fingerprint density at radius 1 is 1.05 bits per heavy atom. The SMILES string of the molecule is O=C(Nc1ccccc1Cl)OCc1ccc(CCl)cc1. The molecule has 0 unspecified atom stereocenters. The monoisotopic (exact) mass is 309 g/mol. The van der Waals surface area contributed by atoms with Crippen LogP contribution < -0.4 is 5.32 Å². The summed E-state index contributed by atoms with van der Waals surface area (Å²) in [4.78, 5) is 11.6. The van der Waals surface area contributed by atoms with Crippen LogP contribution in [0.1, 0.15) is 11.1 Å². The number of halogens is 2. The zero-order chi connectivity index (χ0) is 14.4. The van der Waals surface area contributed by atoms with E-state index in [-0.39, 0.29) is 6.61 Å². The molecule has 0 aliphatic rings. The molecule has 2 aromatic rings. The third kappa shape index (κ3) is 4.15. The highest BCUT2D eigenvalue weighted by atomic mass is 35.5. The first kappa shape index (κ1) is 14.7. The minimum atomic E-state index is -0.542. The Morgan fingerprint density at radius 2 is 1.70 bits per heavy atom. The van der Waals surface area contributed by atoms with Crippen molar-refractivity contribution in [1.82, 2.24) is 0 Å². The van der Waals surface area contributed by atoms with Gasteiger partial charge in [0.25, 0.3) is 0 Å². The highest BCUT2D eigenvalue weighted by Gasteiger charge is 2.06. The van der Waals surface area contributed by atoms with E-state index in [2.05, 4.69) is 5.32 Å². The second-order valence-corrected chi connectivity index (χ2v) is 4.81. The Balaban J connectivity index is 1.87. The molecule has 0 bridgehead atoms. The lowest BCUT2D eigenvalue weighted by atomic mass is 10.2. The average Bonchev–Trinajstić information content (AvgIpc) is 2.48. The normalized spacial score (nSPS) is 10.1. The number of carbonyl (C=O) groups excluding carboxylic acids is 1. The zero-order valence-electron chi connectivity index (χ0n) is 10.6. The van der Waals surface area contributed by atoms with Gasteiger partial charge in [0.2, 0.25) is 0 Å². The summed E-state index contributed by atoms with van der Waals surface area (Å²) in [5, 5.41) is 3.06. The van der Waals surface area contributed by atoms with Crippen molar-refractivity contribution in [2.24, 2.45) is 0 Å². The van der Waals surface area contributed by atoms with Crippen LogP contribution in [0.5, 0.6) is 0 Å². The summed E-state index contributed by atoms with van der Waals surface area (Å²) >= 11 is 11.6. The van der Waals surface area contributed by atoms with Crippen molar-refractivity contribution in [3.8, 4) is 0 Å². The summed E-state index contributed by atoms with van der Waals surface area (Å²) in [5.41, 5.74) is 2.45. The largest absolute Gasteiger partial charge is 0.444 e. The molecular formula is C15H13Cl2NO2. The number of hydrogen-bond acceptors (Lipinski definition) is 2. The van der Waals surface area contributed by atoms with Crippen molar-refractivity contribution in [3.05, 3.63) is 64.7 Å². The second-order valence-electron chi connectivity index (χ2n) is 4.13. The Labute approximate surface area is 127 Å². The first-order valence-electron chi connectivity index (χ1n) is 6.01. The molecule has 2 aromatic carbocycles. The molecule has 0 spiro atoms. The van der Waals surface area contributed by atoms with E-state index >= 15 is 0 Å². The van der Waals surface area contributed by atoms with Crippen molar-refractivity contribution in [2.45, 2.75) is 12.5 Å². The molecule has 3 nitrogen and oxygen atoms in total. The van der Waals surface area contributed by atoms with E-state index in [1.165, 1.54) is 0 Å². The number of carbonyl (C=O) groups is 1. The molecule has 1 amide bonds. The Kier molecular flexibility index (Phi) is 5.27. The van der Waals surface area contributed by atoms with Crippen LogP contribution in [0.3, 0.4) is 0 Å². The Morgan fingerprint density at radius 3 is 2.35 bits per heavy atom. The van der Waals surface area contributed by atoms with Gasteiger partial charge in [0.15, 0.2) is 0 Å². The van der Waals surface area contributed by atoms with Gasteiger partial charge in [-0.25, -0.2) is 4.79 Å². The van der Waals surface area contributed by atoms with Gasteiger partial charge in [-0.3, -0.25) is 5.32 Å². The summed E-state index contributed by atoms with van der Waals surface area (Å²) in [6.07, 6.45) is -0.542. The standard InChI is InChI=1S/C15H13Cl2NO2/c16-9-11-5-7-12(8-6-11)10-20-15(19)18-14-4-2-1-3-13(14)17/h1-8H,9-10H2,(H,18,19). The Hall–Kier alpha value is -1.71. The number of benzene rings is 2. The molecule has 20 heavy (non-hydrogen) atoms. The first-order valence-corrected chi connectivity index (χ1v) is 6.92. The van der Waals surface area contributed by atoms with E-state index in [0.717, 1.165) is 11.1 Å². The van der Waals surface area contributed by atoms with Crippen LogP contribution in [0.4, 0.5) is 10.5 Å². The van der Waals surface area contributed by atoms with E-state index in [1.807, 2.05) is 24.3 Å². The van der Waals surface area contributed by atoms with Gasteiger partial charge in [0.05, 0.1) is 10.7 Å². The van der Waals surface area contributed by atoms with Gasteiger partial charge in [0.1, 0.15) is 6.61 Å². The minimum absolute atomic E-state index is 0.193. The van der Waals surface area contributed by atoms with Gasteiger partial charge >= 0.3 is 6.09 Å². The topological polar surface area (TPSA) is 38.3 Å². The van der Waals surface area contributed by atoms with Gasteiger partial charge in [-0.15, -0.1) is 11.6 Å². The van der Waals surface area contributed by atoms with Crippen LogP contribution in [0.2, 0.25) is 5.02 Å². The average molecular weight is 310 g/mol. The molecule has 0 aliphatic heterocycles. The summed E-state index contributed by atoms with van der Waals surface area (Å²) in [5.74, 6) is 0.466. The molecule has 0 aromatic heterocycles. The maximum atomic E-state index is 11.6. The van der Waals surface area contributed by atoms with Crippen LogP contribution in [0.15, 0.2) is 48.5 Å². The summed E-state index contributed by atoms with van der Waals surface area (Å²) in [6, 6.07) is 14.5. The lowest BCUT2D eigenvalue weighted by molar-refractivity contribution is 0.155. The third-order valence-corrected chi connectivity index (χ3v) is 3.30. The van der Waals surface area contributed by atoms with Crippen LogP contribution in [0.25, 0.3) is 0 Å². The molecule has 0 saturated carbocycles. The molecule has 1 N–H and O–H groups in total. The van der Waals surface area contributed by atoms with E-state index in [1.54, 1.807) is 24.3 Å². The lowest BCUT2D eigenvalue weighted by Crippen LogP contribution is -2.13. The highest BCUT2D eigenvalue weighted by Crippen LogP contribution is 2.20. The molecule has 0 fully saturated rings. The molecule has 0 atom stereocenters. The number of para-hydroxylation sites is 1. The maximum absolute atomic E-state index is 11.6. The molecule has 0 radical (unpaired) electrons. The smallest absolute Gasteiger partial charge is 0.412 e. The Bertz CT molecular complexity index is 585. The predicted octanol–water partition coefficient (Wildman–Crippen LogP) is 4.83. The molecule has 104 valence electrons. The first-order chi connectivity index (χ1) is 9.69. The lowest BCUT2D eigenvalue weighted by Gasteiger charge is -2.08. The quantitative estimate of drug-likeness (QED) is 0.822. The fourth-order valence-electron chi connectivity index (χ4n) is 1.58. The molecule has 0 aliphatic carbocycles. The van der Waals surface area contributed by atoms with Crippen molar-refractivity contribution in [1.29, 1.82) is 0 Å². The minimum Gasteiger partial charge on any atom is -0.444 e. The van der Waals surface area contributed by atoms with Crippen LogP contribution in [-0.4, -0.2) is 6.09 Å². The number of anilines is 1. The predicted molar refractivity (Wildman–Crippen MR) is 81.3 cm³/mol. The van der Waals surface area contributed by atoms with Crippen LogP contribution in [0, 0.1) is 0 Å². The summed E-state index contributed by atoms with van der Waals surface area (Å²) in [6.45, 7) is 0.193. The second kappa shape index (κ2) is 7.17. The number of nitrogens with one attached hydrogen (secondary N) is 1. The van der Waals surface area contributed by atoms with Crippen LogP contribution >= 0.6 is 23.2 Å². The number of amides is 1. The highest BCUT2D eigenvalue weighted by molar-refractivity contribution is 6.33. The number of hydrogen-bond donors (Lipinski definition) is 1. The number of ether oxygens (including phenoxy) is 1. The van der Waals surface area contributed by atoms with E-state index in [4.69, 9.17) is 27.9 Å². The maximum Gasteiger partial charge on any atom is 0.412 e. The van der Waals surface area contributed by atoms with Gasteiger partial charge in [0, 0.05) is 5.88 Å². The van der Waals surface area contributed by atoms with Crippen molar-refractivity contribution in [3.63, 3.8) is 0 Å². The molecular weight excluding hydrogens is 297 g/mol. The van der Waals surface area contributed by atoms with Crippen molar-refractivity contribution in [2.75, 3.05) is 5.32 Å². The van der Waals surface area contributed by atoms with Crippen LogP contribution in [-0.2, 0) is 17.2 Å². The summed E-state index contributed by atoms with van der Waals surface area (Å²) in [7, 11) is 0. The van der Waals surface area contributed by atoms with Gasteiger partial charge in [-0.05, 0) is 23.3 Å². The number of alkyl halides is 1. The van der Waals surface area contributed by atoms with Gasteiger partial charge in [-0.2, -0.15) is 0 Å². The fourth-order valence-corrected chi connectivity index (χ4v) is 1.94. The third-order valence-electron chi connectivity index (χ3n) is 2.66. The van der Waals surface area contributed by atoms with E-state index in [9.17, 15) is 4.79 Å².